The predicted octanol–water partition coefficient (Wildman–Crippen LogP) is 3.31. The Hall–Kier alpha value is -1.85. The molecule has 0 fully saturated rings. The molecule has 0 aliphatic carbocycles. The molecule has 3 rings (SSSR count). The minimum Gasteiger partial charge on any atom is -0.351 e. The Kier molecular flexibility index (Phi) is 3.94. The van der Waals surface area contributed by atoms with Gasteiger partial charge in [0, 0.05) is 24.7 Å². The molecule has 3 heterocycles. The quantitative estimate of drug-likeness (QED) is 0.784. The topological polar surface area (TPSA) is 32.6 Å². The van der Waals surface area contributed by atoms with Crippen LogP contribution in [0.1, 0.15) is 23.5 Å². The number of thiophene rings is 1. The zero-order valence-electron chi connectivity index (χ0n) is 12.6. The Morgan fingerprint density at radius 2 is 2.19 bits per heavy atom. The van der Waals surface area contributed by atoms with Crippen LogP contribution in [-0.4, -0.2) is 23.5 Å². The molecule has 1 atom stereocenters. The Morgan fingerprint density at radius 3 is 2.90 bits per heavy atom. The molecule has 21 heavy (non-hydrogen) atoms. The lowest BCUT2D eigenvalue weighted by molar-refractivity contribution is 0.722. The molecular weight excluding hydrogens is 280 g/mol. The van der Waals surface area contributed by atoms with Gasteiger partial charge in [0.2, 0.25) is 0 Å². The van der Waals surface area contributed by atoms with Gasteiger partial charge in [-0.05, 0) is 37.6 Å². The van der Waals surface area contributed by atoms with E-state index in [-0.39, 0.29) is 0 Å². The summed E-state index contributed by atoms with van der Waals surface area (Å²) in [5.74, 6) is 1.04. The van der Waals surface area contributed by atoms with E-state index < -0.39 is 0 Å². The maximum atomic E-state index is 4.82. The third kappa shape index (κ3) is 2.54. The Labute approximate surface area is 129 Å². The number of hydrogen-bond acceptors (Lipinski definition) is 4. The third-order valence-electron chi connectivity index (χ3n) is 3.82. The van der Waals surface area contributed by atoms with Crippen LogP contribution < -0.4 is 10.2 Å². The zero-order chi connectivity index (χ0) is 14.8. The van der Waals surface area contributed by atoms with Gasteiger partial charge in [-0.1, -0.05) is 12.1 Å². The number of fused-ring (bicyclic) bond motifs is 1. The van der Waals surface area contributed by atoms with Gasteiger partial charge in [0.05, 0.1) is 11.7 Å². The molecule has 3 aromatic heterocycles. The van der Waals surface area contributed by atoms with E-state index in [4.69, 9.17) is 4.98 Å². The van der Waals surface area contributed by atoms with Gasteiger partial charge in [0.25, 0.3) is 0 Å². The van der Waals surface area contributed by atoms with E-state index in [1.807, 2.05) is 25.2 Å². The highest BCUT2D eigenvalue weighted by molar-refractivity contribution is 7.10. The van der Waals surface area contributed by atoms with E-state index >= 15 is 0 Å². The van der Waals surface area contributed by atoms with Crippen molar-refractivity contribution in [1.29, 1.82) is 0 Å². The number of anilines is 1. The Balaban J connectivity index is 2.04. The largest absolute Gasteiger partial charge is 0.351 e. The molecule has 1 unspecified atom stereocenters. The van der Waals surface area contributed by atoms with Gasteiger partial charge in [-0.2, -0.15) is 0 Å². The standard InChI is InChI=1S/C16H20N4S/c1-12(14-7-6-10-21-14)19(3)16-13(11-17-2)20-9-5-4-8-15(20)18-16/h4-10,12,17H,11H2,1-3H3. The number of rotatable bonds is 5. The summed E-state index contributed by atoms with van der Waals surface area (Å²) >= 11 is 1.79. The van der Waals surface area contributed by atoms with Crippen LogP contribution in [0.5, 0.6) is 0 Å². The molecule has 0 aliphatic rings. The summed E-state index contributed by atoms with van der Waals surface area (Å²) in [5.41, 5.74) is 2.18. The molecule has 4 nitrogen and oxygen atoms in total. The third-order valence-corrected chi connectivity index (χ3v) is 4.86. The number of nitrogens with one attached hydrogen (secondary N) is 1. The van der Waals surface area contributed by atoms with Crippen molar-refractivity contribution in [3.63, 3.8) is 0 Å². The molecule has 0 aliphatic heterocycles. The Morgan fingerprint density at radius 1 is 1.33 bits per heavy atom. The summed E-state index contributed by atoms with van der Waals surface area (Å²) in [4.78, 5) is 8.42. The minimum atomic E-state index is 0.311. The van der Waals surface area contributed by atoms with Crippen molar-refractivity contribution in [2.75, 3.05) is 19.0 Å². The van der Waals surface area contributed by atoms with Crippen LogP contribution in [0.4, 0.5) is 5.82 Å². The number of aromatic nitrogens is 2. The second-order valence-electron chi connectivity index (χ2n) is 5.14. The van der Waals surface area contributed by atoms with Gasteiger partial charge in [-0.3, -0.25) is 0 Å². The second-order valence-corrected chi connectivity index (χ2v) is 6.12. The van der Waals surface area contributed by atoms with Crippen molar-refractivity contribution in [3.8, 4) is 0 Å². The average Bonchev–Trinajstić information content (AvgIpc) is 3.14. The molecule has 0 bridgehead atoms. The van der Waals surface area contributed by atoms with Crippen molar-refractivity contribution in [2.24, 2.45) is 0 Å². The van der Waals surface area contributed by atoms with E-state index in [1.54, 1.807) is 11.3 Å². The first-order valence-electron chi connectivity index (χ1n) is 7.09. The maximum absolute atomic E-state index is 4.82. The van der Waals surface area contributed by atoms with Crippen LogP contribution in [0, 0.1) is 0 Å². The summed E-state index contributed by atoms with van der Waals surface area (Å²) < 4.78 is 2.16. The van der Waals surface area contributed by atoms with Gasteiger partial charge in [-0.15, -0.1) is 11.3 Å². The number of pyridine rings is 1. The molecule has 0 saturated carbocycles. The first-order valence-corrected chi connectivity index (χ1v) is 7.97. The van der Waals surface area contributed by atoms with E-state index in [0.29, 0.717) is 6.04 Å². The lowest BCUT2D eigenvalue weighted by Gasteiger charge is -2.25. The monoisotopic (exact) mass is 300 g/mol. The SMILES string of the molecule is CNCc1c(N(C)C(C)c2cccs2)nc2ccccn12. The summed E-state index contributed by atoms with van der Waals surface area (Å²) in [7, 11) is 4.08. The molecule has 5 heteroatoms. The van der Waals surface area contributed by atoms with Crippen LogP contribution >= 0.6 is 11.3 Å². The smallest absolute Gasteiger partial charge is 0.152 e. The summed E-state index contributed by atoms with van der Waals surface area (Å²) in [6, 6.07) is 10.7. The Bertz CT molecular complexity index is 717. The maximum Gasteiger partial charge on any atom is 0.152 e. The molecule has 110 valence electrons. The summed E-state index contributed by atoms with van der Waals surface area (Å²) in [6.45, 7) is 3.01. The molecule has 0 spiro atoms. The number of nitrogens with zero attached hydrogens (tertiary/aromatic N) is 3. The van der Waals surface area contributed by atoms with E-state index in [1.165, 1.54) is 10.6 Å². The molecule has 0 radical (unpaired) electrons. The normalized spacial score (nSPS) is 12.7. The van der Waals surface area contributed by atoms with Crippen molar-refractivity contribution in [2.45, 2.75) is 19.5 Å². The lowest BCUT2D eigenvalue weighted by Crippen LogP contribution is -2.23. The van der Waals surface area contributed by atoms with Gasteiger partial charge < -0.3 is 14.6 Å². The van der Waals surface area contributed by atoms with Gasteiger partial charge in [-0.25, -0.2) is 4.98 Å². The molecule has 0 amide bonds. The zero-order valence-corrected chi connectivity index (χ0v) is 13.4. The fourth-order valence-electron chi connectivity index (χ4n) is 2.55. The molecular formula is C16H20N4S. The van der Waals surface area contributed by atoms with Crippen LogP contribution in [0.3, 0.4) is 0 Å². The first-order chi connectivity index (χ1) is 10.2. The second kappa shape index (κ2) is 5.87. The fourth-order valence-corrected chi connectivity index (χ4v) is 3.38. The minimum absolute atomic E-state index is 0.311. The van der Waals surface area contributed by atoms with Gasteiger partial charge >= 0.3 is 0 Å². The highest BCUT2D eigenvalue weighted by Crippen LogP contribution is 2.30. The predicted molar refractivity (Wildman–Crippen MR) is 89.1 cm³/mol. The fraction of sp³-hybridized carbons (Fsp3) is 0.312. The lowest BCUT2D eigenvalue weighted by atomic mass is 10.2. The van der Waals surface area contributed by atoms with Crippen molar-refractivity contribution >= 4 is 22.8 Å². The van der Waals surface area contributed by atoms with Crippen LogP contribution in [0.2, 0.25) is 0 Å². The average molecular weight is 300 g/mol. The van der Waals surface area contributed by atoms with Crippen LogP contribution in [-0.2, 0) is 6.54 Å². The molecule has 1 N–H and O–H groups in total. The van der Waals surface area contributed by atoms with Crippen molar-refractivity contribution < 1.29 is 0 Å². The van der Waals surface area contributed by atoms with Crippen molar-refractivity contribution in [3.05, 3.63) is 52.5 Å². The van der Waals surface area contributed by atoms with Gasteiger partial charge in [0.15, 0.2) is 5.82 Å². The van der Waals surface area contributed by atoms with E-state index in [9.17, 15) is 0 Å². The van der Waals surface area contributed by atoms with Crippen LogP contribution in [0.15, 0.2) is 41.9 Å². The van der Waals surface area contributed by atoms with Gasteiger partial charge in [0.1, 0.15) is 5.65 Å². The van der Waals surface area contributed by atoms with Crippen LogP contribution in [0.25, 0.3) is 5.65 Å². The summed E-state index contributed by atoms with van der Waals surface area (Å²) in [6.07, 6.45) is 2.07. The highest BCUT2D eigenvalue weighted by atomic mass is 32.1. The highest BCUT2D eigenvalue weighted by Gasteiger charge is 2.20. The molecule has 0 saturated heterocycles. The number of hydrogen-bond donors (Lipinski definition) is 1. The molecule has 0 aromatic carbocycles. The summed E-state index contributed by atoms with van der Waals surface area (Å²) in [5, 5.41) is 5.37. The first kappa shape index (κ1) is 14.1. The van der Waals surface area contributed by atoms with E-state index in [2.05, 4.69) is 52.3 Å². The molecule has 3 aromatic rings. The van der Waals surface area contributed by atoms with E-state index in [0.717, 1.165) is 18.0 Å². The van der Waals surface area contributed by atoms with Crippen molar-refractivity contribution in [1.82, 2.24) is 14.7 Å². The number of imidazole rings is 1.